The first-order valence-electron chi connectivity index (χ1n) is 11.9. The van der Waals surface area contributed by atoms with E-state index in [-0.39, 0.29) is 29.3 Å². The van der Waals surface area contributed by atoms with Crippen molar-refractivity contribution in [2.24, 2.45) is 0 Å². The van der Waals surface area contributed by atoms with Gasteiger partial charge in [-0.05, 0) is 67.4 Å². The van der Waals surface area contributed by atoms with Gasteiger partial charge in [0.1, 0.15) is 17.1 Å². The smallest absolute Gasteiger partial charge is 0.259 e. The molecule has 3 N–H and O–H groups in total. The number of sulfonamides is 1. The van der Waals surface area contributed by atoms with E-state index in [1.165, 1.54) is 24.2 Å². The van der Waals surface area contributed by atoms with Crippen molar-refractivity contribution in [3.05, 3.63) is 66.4 Å². The van der Waals surface area contributed by atoms with E-state index in [1.54, 1.807) is 24.3 Å². The first-order chi connectivity index (χ1) is 18.7. The monoisotopic (exact) mass is 589 g/mol. The standard InChI is InChI=1S/C25H24FN5O5S3/c1-37-17-4-2-3-16(11-17)36-24-18(9-14(26)12-28-24)23(33)30-15-5-6-20(21(32)10-15)31-39(34,35)25-19-13-29-38-22(19)7-8-27-25/h2-4,7-9,11-13,15,20-21,31-32H,5-6,10H2,1H3,(H,30,33). The van der Waals surface area contributed by atoms with Crippen LogP contribution in [0.3, 0.4) is 0 Å². The van der Waals surface area contributed by atoms with Crippen LogP contribution < -0.4 is 14.8 Å². The Kier molecular flexibility index (Phi) is 8.09. The molecule has 0 bridgehead atoms. The summed E-state index contributed by atoms with van der Waals surface area (Å²) in [4.78, 5) is 22.0. The van der Waals surface area contributed by atoms with Crippen LogP contribution in [-0.2, 0) is 10.0 Å². The van der Waals surface area contributed by atoms with E-state index in [1.807, 2.05) is 12.3 Å². The molecule has 10 nitrogen and oxygen atoms in total. The highest BCUT2D eigenvalue weighted by Crippen LogP contribution is 2.29. The van der Waals surface area contributed by atoms with E-state index < -0.39 is 39.9 Å². The van der Waals surface area contributed by atoms with Crippen LogP contribution >= 0.6 is 23.3 Å². The lowest BCUT2D eigenvalue weighted by atomic mass is 9.89. The normalized spacial score (nSPS) is 19.6. The highest BCUT2D eigenvalue weighted by molar-refractivity contribution is 7.98. The molecule has 39 heavy (non-hydrogen) atoms. The lowest BCUT2D eigenvalue weighted by molar-refractivity contribution is 0.0743. The van der Waals surface area contributed by atoms with Gasteiger partial charge in [0.15, 0.2) is 5.03 Å². The minimum Gasteiger partial charge on any atom is -0.438 e. The molecule has 3 heterocycles. The molecule has 3 atom stereocenters. The second kappa shape index (κ2) is 11.5. The van der Waals surface area contributed by atoms with Crippen molar-refractivity contribution >= 4 is 49.3 Å². The molecule has 0 aliphatic heterocycles. The first kappa shape index (κ1) is 27.4. The van der Waals surface area contributed by atoms with Crippen molar-refractivity contribution in [1.82, 2.24) is 24.4 Å². The summed E-state index contributed by atoms with van der Waals surface area (Å²) in [7, 11) is -4.03. The first-order valence-corrected chi connectivity index (χ1v) is 15.4. The van der Waals surface area contributed by atoms with Gasteiger partial charge in [0.25, 0.3) is 15.9 Å². The summed E-state index contributed by atoms with van der Waals surface area (Å²) in [5.74, 6) is -0.927. The van der Waals surface area contributed by atoms with E-state index >= 15 is 0 Å². The number of rotatable bonds is 8. The van der Waals surface area contributed by atoms with Gasteiger partial charge in [-0.1, -0.05) is 6.07 Å². The number of carbonyl (C=O) groups excluding carboxylic acids is 1. The number of fused-ring (bicyclic) bond motifs is 1. The average molecular weight is 590 g/mol. The van der Waals surface area contributed by atoms with Gasteiger partial charge in [-0.25, -0.2) is 27.5 Å². The Balaban J connectivity index is 1.25. The summed E-state index contributed by atoms with van der Waals surface area (Å²) in [6.07, 6.45) is 5.38. The van der Waals surface area contributed by atoms with Crippen LogP contribution in [0.5, 0.6) is 11.6 Å². The lowest BCUT2D eigenvalue weighted by Crippen LogP contribution is -2.51. The number of amides is 1. The van der Waals surface area contributed by atoms with Gasteiger partial charge in [-0.3, -0.25) is 4.79 Å². The molecule has 3 unspecified atom stereocenters. The van der Waals surface area contributed by atoms with Crippen molar-refractivity contribution in [3.63, 3.8) is 0 Å². The molecule has 1 aliphatic carbocycles. The van der Waals surface area contributed by atoms with Crippen LogP contribution in [0.25, 0.3) is 10.1 Å². The predicted octanol–water partition coefficient (Wildman–Crippen LogP) is 3.73. The van der Waals surface area contributed by atoms with Crippen molar-refractivity contribution in [2.75, 3.05) is 6.26 Å². The number of aliphatic hydroxyl groups excluding tert-OH is 1. The summed E-state index contributed by atoms with van der Waals surface area (Å²) in [5.41, 5.74) is -0.0922. The molecule has 4 aromatic rings. The Bertz CT molecular complexity index is 1620. The Labute approximate surface area is 232 Å². The van der Waals surface area contributed by atoms with E-state index in [9.17, 15) is 22.7 Å². The molecule has 1 aromatic carbocycles. The van der Waals surface area contributed by atoms with Gasteiger partial charge < -0.3 is 15.2 Å². The highest BCUT2D eigenvalue weighted by Gasteiger charge is 2.34. The third-order valence-electron chi connectivity index (χ3n) is 6.28. The maximum atomic E-state index is 14.0. The van der Waals surface area contributed by atoms with Gasteiger partial charge in [0.2, 0.25) is 5.88 Å². The zero-order valence-corrected chi connectivity index (χ0v) is 23.0. The number of ether oxygens (including phenoxy) is 1. The number of nitrogens with zero attached hydrogens (tertiary/aromatic N) is 3. The minimum atomic E-state index is -4.03. The fraction of sp³-hybridized carbons (Fsp3) is 0.280. The van der Waals surface area contributed by atoms with Crippen LogP contribution in [0.2, 0.25) is 0 Å². The maximum Gasteiger partial charge on any atom is 0.259 e. The molecule has 204 valence electrons. The SMILES string of the molecule is CSc1cccc(Oc2ncc(F)cc2C(=O)NC2CCC(NS(=O)(=O)c3nccc4sncc34)C(O)C2)c1. The fourth-order valence-corrected chi connectivity index (χ4v) is 6.96. The summed E-state index contributed by atoms with van der Waals surface area (Å²) in [6.45, 7) is 0. The van der Waals surface area contributed by atoms with Gasteiger partial charge in [-0.2, -0.15) is 4.37 Å². The minimum absolute atomic E-state index is 0.0567. The third-order valence-corrected chi connectivity index (χ3v) is 9.21. The quantitative estimate of drug-likeness (QED) is 0.262. The molecule has 1 aliphatic rings. The van der Waals surface area contributed by atoms with Crippen molar-refractivity contribution in [3.8, 4) is 11.6 Å². The number of pyridine rings is 2. The Morgan fingerprint density at radius 2 is 2.05 bits per heavy atom. The van der Waals surface area contributed by atoms with Crippen LogP contribution in [0.15, 0.2) is 64.9 Å². The molecular weight excluding hydrogens is 566 g/mol. The number of carbonyl (C=O) groups is 1. The second-order valence-corrected chi connectivity index (χ2v) is 12.3. The summed E-state index contributed by atoms with van der Waals surface area (Å²) >= 11 is 2.68. The maximum absolute atomic E-state index is 14.0. The number of halogens is 1. The molecular formula is C25H24FN5O5S3. The Morgan fingerprint density at radius 3 is 2.85 bits per heavy atom. The number of thioether (sulfide) groups is 1. The van der Waals surface area contributed by atoms with E-state index in [0.29, 0.717) is 22.3 Å². The Hall–Kier alpha value is -3.17. The molecule has 1 saturated carbocycles. The molecule has 0 spiro atoms. The lowest BCUT2D eigenvalue weighted by Gasteiger charge is -2.33. The van der Waals surface area contributed by atoms with Gasteiger partial charge >= 0.3 is 0 Å². The number of aliphatic hydroxyl groups is 1. The number of benzene rings is 1. The zero-order chi connectivity index (χ0) is 27.6. The summed E-state index contributed by atoms with van der Waals surface area (Å²) in [6, 6.07) is 8.65. The molecule has 3 aromatic heterocycles. The molecule has 0 radical (unpaired) electrons. The average Bonchev–Trinajstić information content (AvgIpc) is 3.40. The number of hydrogen-bond acceptors (Lipinski definition) is 10. The van der Waals surface area contributed by atoms with E-state index in [4.69, 9.17) is 4.74 Å². The van der Waals surface area contributed by atoms with Crippen molar-refractivity contribution in [1.29, 1.82) is 0 Å². The topological polar surface area (TPSA) is 143 Å². The van der Waals surface area contributed by atoms with Crippen molar-refractivity contribution in [2.45, 2.75) is 47.4 Å². The number of hydrogen-bond donors (Lipinski definition) is 3. The third kappa shape index (κ3) is 6.20. The molecule has 14 heteroatoms. The largest absolute Gasteiger partial charge is 0.438 e. The zero-order valence-electron chi connectivity index (χ0n) is 20.6. The van der Waals surface area contributed by atoms with Crippen LogP contribution in [0.4, 0.5) is 4.39 Å². The van der Waals surface area contributed by atoms with E-state index in [0.717, 1.165) is 28.7 Å². The number of aromatic nitrogens is 3. The predicted molar refractivity (Wildman–Crippen MR) is 145 cm³/mol. The molecule has 0 saturated heterocycles. The molecule has 5 rings (SSSR count). The van der Waals surface area contributed by atoms with Gasteiger partial charge in [0.05, 0.1) is 28.6 Å². The Morgan fingerprint density at radius 1 is 1.21 bits per heavy atom. The summed E-state index contributed by atoms with van der Waals surface area (Å²) < 4.78 is 53.1. The van der Waals surface area contributed by atoms with Crippen LogP contribution in [0, 0.1) is 5.82 Å². The number of nitrogens with one attached hydrogen (secondary N) is 2. The van der Waals surface area contributed by atoms with Gasteiger partial charge in [0, 0.05) is 23.2 Å². The fourth-order valence-electron chi connectivity index (χ4n) is 4.37. The summed E-state index contributed by atoms with van der Waals surface area (Å²) in [5, 5.41) is 13.8. The molecule has 1 amide bonds. The second-order valence-electron chi connectivity index (χ2n) is 8.92. The van der Waals surface area contributed by atoms with Crippen molar-refractivity contribution < 1.29 is 27.4 Å². The highest BCUT2D eigenvalue weighted by atomic mass is 32.2. The van der Waals surface area contributed by atoms with E-state index in [2.05, 4.69) is 24.4 Å². The van der Waals surface area contributed by atoms with Crippen LogP contribution in [0.1, 0.15) is 29.6 Å². The molecule has 1 fully saturated rings. The van der Waals surface area contributed by atoms with Crippen LogP contribution in [-0.4, -0.2) is 58.2 Å². The van der Waals surface area contributed by atoms with Gasteiger partial charge in [-0.15, -0.1) is 11.8 Å².